The molecule has 0 atom stereocenters. The molecule has 1 fully saturated rings. The highest BCUT2D eigenvalue weighted by Crippen LogP contribution is 2.30. The number of benzene rings is 1. The minimum atomic E-state index is -0.0690. The molecule has 0 bridgehead atoms. The summed E-state index contributed by atoms with van der Waals surface area (Å²) in [6.07, 6.45) is 3.75. The zero-order chi connectivity index (χ0) is 14.0. The summed E-state index contributed by atoms with van der Waals surface area (Å²) in [5.74, 6) is 0.113. The quantitative estimate of drug-likeness (QED) is 0.849. The van der Waals surface area contributed by atoms with Crippen molar-refractivity contribution in [3.8, 4) is 5.75 Å². The molecule has 0 aliphatic carbocycles. The lowest BCUT2D eigenvalue weighted by atomic mass is 9.95. The highest BCUT2D eigenvalue weighted by atomic mass is 16.3. The van der Waals surface area contributed by atoms with Crippen LogP contribution in [0.25, 0.3) is 0 Å². The lowest BCUT2D eigenvalue weighted by Crippen LogP contribution is -2.29. The van der Waals surface area contributed by atoms with Crippen molar-refractivity contribution < 1.29 is 9.90 Å². The molecule has 0 amide bonds. The van der Waals surface area contributed by atoms with Crippen molar-refractivity contribution >= 4 is 5.78 Å². The van der Waals surface area contributed by atoms with Crippen LogP contribution in [-0.2, 0) is 6.54 Å². The molecule has 1 aliphatic rings. The van der Waals surface area contributed by atoms with Crippen molar-refractivity contribution in [2.45, 2.75) is 46.6 Å². The molecule has 0 radical (unpaired) electrons. The summed E-state index contributed by atoms with van der Waals surface area (Å²) in [5.41, 5.74) is 3.56. The van der Waals surface area contributed by atoms with Gasteiger partial charge in [-0.05, 0) is 63.9 Å². The third-order valence-corrected chi connectivity index (χ3v) is 4.16. The summed E-state index contributed by atoms with van der Waals surface area (Å²) in [4.78, 5) is 14.0. The Morgan fingerprint density at radius 3 is 2.47 bits per heavy atom. The number of nitrogens with zero attached hydrogens (tertiary/aromatic N) is 1. The van der Waals surface area contributed by atoms with Gasteiger partial charge in [0.15, 0.2) is 5.78 Å². The van der Waals surface area contributed by atoms with Crippen LogP contribution in [0.15, 0.2) is 6.07 Å². The van der Waals surface area contributed by atoms with E-state index in [2.05, 4.69) is 4.90 Å². The summed E-state index contributed by atoms with van der Waals surface area (Å²) in [7, 11) is 0. The van der Waals surface area contributed by atoms with Crippen LogP contribution in [0.4, 0.5) is 0 Å². The Kier molecular flexibility index (Phi) is 4.25. The van der Waals surface area contributed by atoms with Gasteiger partial charge in [0.05, 0.1) is 5.56 Å². The molecule has 0 spiro atoms. The van der Waals surface area contributed by atoms with Gasteiger partial charge in [-0.3, -0.25) is 9.69 Å². The van der Waals surface area contributed by atoms with Gasteiger partial charge < -0.3 is 5.11 Å². The minimum Gasteiger partial charge on any atom is -0.507 e. The summed E-state index contributed by atoms with van der Waals surface area (Å²) in [5, 5.41) is 10.3. The Morgan fingerprint density at radius 2 is 1.89 bits per heavy atom. The van der Waals surface area contributed by atoms with Crippen molar-refractivity contribution in [2.75, 3.05) is 13.1 Å². The fourth-order valence-corrected chi connectivity index (χ4v) is 2.77. The highest BCUT2D eigenvalue weighted by molar-refractivity contribution is 5.97. The van der Waals surface area contributed by atoms with E-state index in [1.165, 1.54) is 26.2 Å². The first kappa shape index (κ1) is 14.1. The molecule has 1 aromatic carbocycles. The largest absolute Gasteiger partial charge is 0.507 e. The van der Waals surface area contributed by atoms with Crippen molar-refractivity contribution in [1.29, 1.82) is 0 Å². The maximum atomic E-state index is 11.6. The van der Waals surface area contributed by atoms with Gasteiger partial charge in [-0.2, -0.15) is 0 Å². The Labute approximate surface area is 115 Å². The standard InChI is InChI=1S/C16H23NO2/c1-11-9-14(13(3)18)16(19)15(12(11)2)10-17-7-5-4-6-8-17/h9,19H,4-8,10H2,1-3H3. The average Bonchev–Trinajstić information content (AvgIpc) is 2.40. The molecule has 0 aromatic heterocycles. The van der Waals surface area contributed by atoms with Crippen LogP contribution < -0.4 is 0 Å². The third kappa shape index (κ3) is 2.98. The van der Waals surface area contributed by atoms with Crippen LogP contribution >= 0.6 is 0 Å². The first-order valence-corrected chi connectivity index (χ1v) is 7.06. The van der Waals surface area contributed by atoms with Crippen molar-refractivity contribution in [3.63, 3.8) is 0 Å². The first-order valence-electron chi connectivity index (χ1n) is 7.06. The third-order valence-electron chi connectivity index (χ3n) is 4.16. The zero-order valence-electron chi connectivity index (χ0n) is 12.1. The molecule has 19 heavy (non-hydrogen) atoms. The molecule has 1 N–H and O–H groups in total. The van der Waals surface area contributed by atoms with Crippen LogP contribution in [-0.4, -0.2) is 28.9 Å². The second-order valence-electron chi connectivity index (χ2n) is 5.59. The molecule has 3 heteroatoms. The number of hydrogen-bond donors (Lipinski definition) is 1. The summed E-state index contributed by atoms with van der Waals surface area (Å²) in [6, 6.07) is 1.80. The molecule has 2 rings (SSSR count). The first-order chi connectivity index (χ1) is 9.00. The number of phenolic OH excluding ortho intramolecular Hbond substituents is 1. The Hall–Kier alpha value is -1.35. The number of carbonyl (C=O) groups is 1. The molecule has 3 nitrogen and oxygen atoms in total. The Balaban J connectivity index is 2.34. The van der Waals surface area contributed by atoms with Crippen LogP contribution in [0.1, 0.15) is 53.2 Å². The lowest BCUT2D eigenvalue weighted by molar-refractivity contribution is 0.101. The van der Waals surface area contributed by atoms with E-state index in [4.69, 9.17) is 0 Å². The second kappa shape index (κ2) is 5.74. The number of phenols is 1. The van der Waals surface area contributed by atoms with Crippen LogP contribution in [0, 0.1) is 13.8 Å². The molecule has 104 valence electrons. The molecule has 1 heterocycles. The van der Waals surface area contributed by atoms with E-state index in [1.54, 1.807) is 6.07 Å². The summed E-state index contributed by atoms with van der Waals surface area (Å²) in [6.45, 7) is 8.46. The number of carbonyl (C=O) groups excluding carboxylic acids is 1. The predicted molar refractivity (Wildman–Crippen MR) is 76.7 cm³/mol. The van der Waals surface area contributed by atoms with Gasteiger partial charge in [0.2, 0.25) is 0 Å². The number of Topliss-reactive ketones (excluding diaryl/α,β-unsaturated/α-hetero) is 1. The van der Waals surface area contributed by atoms with Gasteiger partial charge in [0, 0.05) is 12.1 Å². The normalized spacial score (nSPS) is 16.6. The van der Waals surface area contributed by atoms with E-state index in [0.717, 1.165) is 36.3 Å². The fraction of sp³-hybridized carbons (Fsp3) is 0.562. The molecule has 1 saturated heterocycles. The number of rotatable bonds is 3. The molecule has 1 aliphatic heterocycles. The predicted octanol–water partition coefficient (Wildman–Crippen LogP) is 3.20. The van der Waals surface area contributed by atoms with Crippen molar-refractivity contribution in [3.05, 3.63) is 28.3 Å². The van der Waals surface area contributed by atoms with E-state index in [0.29, 0.717) is 5.56 Å². The number of likely N-dealkylation sites (tertiary alicyclic amines) is 1. The van der Waals surface area contributed by atoms with Gasteiger partial charge in [0.1, 0.15) is 5.75 Å². The number of ketones is 1. The van der Waals surface area contributed by atoms with Gasteiger partial charge in [-0.1, -0.05) is 6.42 Å². The molecular formula is C16H23NO2. The van der Waals surface area contributed by atoms with Crippen LogP contribution in [0.3, 0.4) is 0 Å². The summed E-state index contributed by atoms with van der Waals surface area (Å²) >= 11 is 0. The molecule has 1 aromatic rings. The molecule has 0 saturated carbocycles. The van der Waals surface area contributed by atoms with Crippen LogP contribution in [0.5, 0.6) is 5.75 Å². The average molecular weight is 261 g/mol. The maximum Gasteiger partial charge on any atom is 0.163 e. The highest BCUT2D eigenvalue weighted by Gasteiger charge is 2.19. The second-order valence-corrected chi connectivity index (χ2v) is 5.59. The SMILES string of the molecule is CC(=O)c1cc(C)c(C)c(CN2CCCCC2)c1O. The minimum absolute atomic E-state index is 0.0690. The lowest BCUT2D eigenvalue weighted by Gasteiger charge is -2.28. The van der Waals surface area contributed by atoms with E-state index in [1.807, 2.05) is 13.8 Å². The van der Waals surface area contributed by atoms with Crippen LogP contribution in [0.2, 0.25) is 0 Å². The number of hydrogen-bond acceptors (Lipinski definition) is 3. The number of aryl methyl sites for hydroxylation is 1. The van der Waals surface area contributed by atoms with E-state index >= 15 is 0 Å². The van der Waals surface area contributed by atoms with Gasteiger partial charge in [0.25, 0.3) is 0 Å². The maximum absolute atomic E-state index is 11.6. The van der Waals surface area contributed by atoms with Gasteiger partial charge in [-0.25, -0.2) is 0 Å². The fourth-order valence-electron chi connectivity index (χ4n) is 2.77. The molecule has 0 unspecified atom stereocenters. The van der Waals surface area contributed by atoms with Gasteiger partial charge >= 0.3 is 0 Å². The molecular weight excluding hydrogens is 238 g/mol. The monoisotopic (exact) mass is 261 g/mol. The van der Waals surface area contributed by atoms with E-state index in [9.17, 15) is 9.90 Å². The van der Waals surface area contributed by atoms with Gasteiger partial charge in [-0.15, -0.1) is 0 Å². The number of piperidine rings is 1. The zero-order valence-corrected chi connectivity index (χ0v) is 12.1. The topological polar surface area (TPSA) is 40.5 Å². The number of aromatic hydroxyl groups is 1. The van der Waals surface area contributed by atoms with Crippen molar-refractivity contribution in [2.24, 2.45) is 0 Å². The smallest absolute Gasteiger partial charge is 0.163 e. The van der Waals surface area contributed by atoms with Crippen molar-refractivity contribution in [1.82, 2.24) is 4.90 Å². The Morgan fingerprint density at radius 1 is 1.26 bits per heavy atom. The van der Waals surface area contributed by atoms with E-state index < -0.39 is 0 Å². The summed E-state index contributed by atoms with van der Waals surface area (Å²) < 4.78 is 0. The Bertz CT molecular complexity index is 488. The van der Waals surface area contributed by atoms with E-state index in [-0.39, 0.29) is 11.5 Å².